The van der Waals surface area contributed by atoms with Gasteiger partial charge in [0.1, 0.15) is 0 Å². The lowest BCUT2D eigenvalue weighted by Gasteiger charge is -2.07. The van der Waals surface area contributed by atoms with E-state index in [1.807, 2.05) is 23.8 Å². The first kappa shape index (κ1) is 16.1. The number of rotatable bonds is 6. The third kappa shape index (κ3) is 3.77. The summed E-state index contributed by atoms with van der Waals surface area (Å²) < 4.78 is 6.69. The fraction of sp³-hybridized carbons (Fsp3) is 0.250. The number of hydrogen-bond donors (Lipinski definition) is 1. The second kappa shape index (κ2) is 7.22. The van der Waals surface area contributed by atoms with Crippen LogP contribution in [-0.2, 0) is 17.8 Å². The van der Waals surface area contributed by atoms with Crippen molar-refractivity contribution in [3.63, 3.8) is 0 Å². The molecule has 0 saturated heterocycles. The van der Waals surface area contributed by atoms with E-state index in [2.05, 4.69) is 15.5 Å². The zero-order chi connectivity index (χ0) is 16.9. The summed E-state index contributed by atoms with van der Waals surface area (Å²) in [5.41, 5.74) is 1.40. The van der Waals surface area contributed by atoms with Gasteiger partial charge in [-0.25, -0.2) is 0 Å². The van der Waals surface area contributed by atoms with Gasteiger partial charge in [0.2, 0.25) is 17.6 Å². The van der Waals surface area contributed by atoms with Crippen LogP contribution in [-0.4, -0.2) is 20.6 Å². The van der Waals surface area contributed by atoms with Crippen molar-refractivity contribution in [2.24, 2.45) is 0 Å². The number of anilines is 1. The van der Waals surface area contributed by atoms with Crippen LogP contribution in [0.4, 0.5) is 5.69 Å². The van der Waals surface area contributed by atoms with Gasteiger partial charge in [0.05, 0.1) is 5.69 Å². The minimum absolute atomic E-state index is 0.0951. The fourth-order valence-corrected chi connectivity index (χ4v) is 2.80. The van der Waals surface area contributed by atoms with Crippen molar-refractivity contribution in [3.8, 4) is 11.4 Å². The van der Waals surface area contributed by atoms with Crippen molar-refractivity contribution >= 4 is 22.9 Å². The number of aryl methyl sites for hydroxylation is 2. The lowest BCUT2D eigenvalue weighted by molar-refractivity contribution is -0.116. The van der Waals surface area contributed by atoms with Gasteiger partial charge in [-0.3, -0.25) is 9.59 Å². The zero-order valence-electron chi connectivity index (χ0n) is 13.1. The highest BCUT2D eigenvalue weighted by molar-refractivity contribution is 7.08. The van der Waals surface area contributed by atoms with Crippen LogP contribution in [0.15, 0.2) is 44.5 Å². The molecule has 3 aromatic heterocycles. The average molecular weight is 344 g/mol. The molecule has 0 radical (unpaired) electrons. The molecule has 24 heavy (non-hydrogen) atoms. The molecule has 3 rings (SSSR count). The van der Waals surface area contributed by atoms with E-state index in [0.29, 0.717) is 30.4 Å². The molecule has 0 unspecified atom stereocenters. The second-order valence-electron chi connectivity index (χ2n) is 5.11. The number of carbonyl (C=O) groups is 1. The average Bonchev–Trinajstić information content (AvgIpc) is 3.26. The second-order valence-corrected chi connectivity index (χ2v) is 5.89. The summed E-state index contributed by atoms with van der Waals surface area (Å²) in [5, 5.41) is 10.5. The largest absolute Gasteiger partial charge is 0.339 e. The maximum atomic E-state index is 12.0. The Hall–Kier alpha value is -2.74. The van der Waals surface area contributed by atoms with E-state index in [1.54, 1.807) is 23.6 Å². The van der Waals surface area contributed by atoms with E-state index < -0.39 is 0 Å². The number of aromatic nitrogens is 3. The van der Waals surface area contributed by atoms with Crippen molar-refractivity contribution in [1.29, 1.82) is 0 Å². The highest BCUT2D eigenvalue weighted by Crippen LogP contribution is 2.19. The molecule has 0 saturated carbocycles. The van der Waals surface area contributed by atoms with E-state index >= 15 is 0 Å². The molecule has 1 N–H and O–H groups in total. The van der Waals surface area contributed by atoms with Crippen molar-refractivity contribution < 1.29 is 9.32 Å². The summed E-state index contributed by atoms with van der Waals surface area (Å²) in [6.07, 6.45) is 2.20. The van der Waals surface area contributed by atoms with Crippen LogP contribution in [0.5, 0.6) is 0 Å². The number of carbonyl (C=O) groups excluding carboxylic acids is 1. The Balaban J connectivity index is 1.57. The highest BCUT2D eigenvalue weighted by atomic mass is 32.1. The van der Waals surface area contributed by atoms with Gasteiger partial charge in [-0.1, -0.05) is 5.16 Å². The molecule has 0 fully saturated rings. The molecule has 0 aliphatic rings. The third-order valence-electron chi connectivity index (χ3n) is 3.42. The Morgan fingerprint density at radius 3 is 3.00 bits per heavy atom. The van der Waals surface area contributed by atoms with E-state index in [9.17, 15) is 9.59 Å². The van der Waals surface area contributed by atoms with E-state index in [0.717, 1.165) is 5.56 Å². The Morgan fingerprint density at radius 2 is 2.25 bits per heavy atom. The molecule has 8 heteroatoms. The molecular weight excluding hydrogens is 328 g/mol. The molecule has 1 amide bonds. The Morgan fingerprint density at radius 1 is 1.38 bits per heavy atom. The molecule has 0 spiro atoms. The van der Waals surface area contributed by atoms with Gasteiger partial charge in [-0.2, -0.15) is 16.3 Å². The summed E-state index contributed by atoms with van der Waals surface area (Å²) in [5.74, 6) is 0.776. The van der Waals surface area contributed by atoms with Crippen molar-refractivity contribution in [3.05, 3.63) is 51.4 Å². The van der Waals surface area contributed by atoms with Gasteiger partial charge in [-0.15, -0.1) is 0 Å². The van der Waals surface area contributed by atoms with Gasteiger partial charge in [0.25, 0.3) is 5.56 Å². The van der Waals surface area contributed by atoms with Crippen LogP contribution in [0.2, 0.25) is 0 Å². The molecule has 0 aromatic carbocycles. The zero-order valence-corrected chi connectivity index (χ0v) is 13.9. The van der Waals surface area contributed by atoms with Gasteiger partial charge < -0.3 is 14.4 Å². The summed E-state index contributed by atoms with van der Waals surface area (Å²) in [4.78, 5) is 27.8. The monoisotopic (exact) mass is 344 g/mol. The number of amides is 1. The van der Waals surface area contributed by atoms with Crippen LogP contribution in [0.25, 0.3) is 11.4 Å². The molecule has 0 aliphatic carbocycles. The minimum atomic E-state index is -0.174. The SMILES string of the molecule is CCn1cc(NC(=O)CCc2nc(-c3ccsc3)no2)ccc1=O. The normalized spacial score (nSPS) is 10.7. The first-order valence-electron chi connectivity index (χ1n) is 7.51. The van der Waals surface area contributed by atoms with Gasteiger partial charge in [-0.05, 0) is 24.4 Å². The maximum absolute atomic E-state index is 12.0. The Labute approximate surface area is 141 Å². The van der Waals surface area contributed by atoms with Crippen LogP contribution in [0.1, 0.15) is 19.2 Å². The summed E-state index contributed by atoms with van der Waals surface area (Å²) in [6.45, 7) is 2.42. The summed E-state index contributed by atoms with van der Waals surface area (Å²) in [6, 6.07) is 4.94. The van der Waals surface area contributed by atoms with Crippen LogP contribution >= 0.6 is 11.3 Å². The van der Waals surface area contributed by atoms with Crippen molar-refractivity contribution in [2.45, 2.75) is 26.3 Å². The first-order valence-corrected chi connectivity index (χ1v) is 8.45. The smallest absolute Gasteiger partial charge is 0.250 e. The molecule has 7 nitrogen and oxygen atoms in total. The predicted molar refractivity (Wildman–Crippen MR) is 90.9 cm³/mol. The lowest BCUT2D eigenvalue weighted by atomic mass is 10.3. The number of hydrogen-bond acceptors (Lipinski definition) is 6. The Bertz CT molecular complexity index is 883. The molecule has 124 valence electrons. The summed E-state index contributed by atoms with van der Waals surface area (Å²) in [7, 11) is 0. The lowest BCUT2D eigenvalue weighted by Crippen LogP contribution is -2.19. The molecule has 3 aromatic rings. The molecule has 0 bridgehead atoms. The molecule has 3 heterocycles. The van der Waals surface area contributed by atoms with Crippen LogP contribution < -0.4 is 10.9 Å². The van der Waals surface area contributed by atoms with Crippen molar-refractivity contribution in [2.75, 3.05) is 5.32 Å². The third-order valence-corrected chi connectivity index (χ3v) is 4.10. The molecular formula is C16H16N4O3S. The highest BCUT2D eigenvalue weighted by Gasteiger charge is 2.11. The predicted octanol–water partition coefficient (Wildman–Crippen LogP) is 2.55. The number of thiophene rings is 1. The number of nitrogens with zero attached hydrogens (tertiary/aromatic N) is 3. The molecule has 0 atom stereocenters. The first-order chi connectivity index (χ1) is 11.7. The molecule has 0 aliphatic heterocycles. The number of nitrogens with one attached hydrogen (secondary N) is 1. The van der Waals surface area contributed by atoms with Crippen LogP contribution in [0.3, 0.4) is 0 Å². The quantitative estimate of drug-likeness (QED) is 0.742. The van der Waals surface area contributed by atoms with Crippen molar-refractivity contribution in [1.82, 2.24) is 14.7 Å². The van der Waals surface area contributed by atoms with Gasteiger partial charge in [0, 0.05) is 42.6 Å². The van der Waals surface area contributed by atoms with E-state index in [4.69, 9.17) is 4.52 Å². The minimum Gasteiger partial charge on any atom is -0.339 e. The van der Waals surface area contributed by atoms with E-state index in [-0.39, 0.29) is 17.9 Å². The standard InChI is InChI=1S/C16H16N4O3S/c1-2-20-9-12(3-6-15(20)22)17-13(21)4-5-14-18-16(19-23-14)11-7-8-24-10-11/h3,6-10H,2,4-5H2,1H3,(H,17,21). The van der Waals surface area contributed by atoms with Gasteiger partial charge >= 0.3 is 0 Å². The fourth-order valence-electron chi connectivity index (χ4n) is 2.16. The van der Waals surface area contributed by atoms with E-state index in [1.165, 1.54) is 10.6 Å². The summed E-state index contributed by atoms with van der Waals surface area (Å²) >= 11 is 1.56. The van der Waals surface area contributed by atoms with Crippen LogP contribution in [0, 0.1) is 0 Å². The van der Waals surface area contributed by atoms with Gasteiger partial charge in [0.15, 0.2) is 0 Å². The topological polar surface area (TPSA) is 90.0 Å². The maximum Gasteiger partial charge on any atom is 0.250 e. The Kier molecular flexibility index (Phi) is 4.85. The number of pyridine rings is 1.